The van der Waals surface area contributed by atoms with Crippen molar-refractivity contribution in [1.82, 2.24) is 4.90 Å². The first-order chi connectivity index (χ1) is 14.9. The van der Waals surface area contributed by atoms with Gasteiger partial charge in [0.1, 0.15) is 5.75 Å². The second kappa shape index (κ2) is 8.43. The minimum absolute atomic E-state index is 0.0223. The first-order valence-corrected chi connectivity index (χ1v) is 11.5. The van der Waals surface area contributed by atoms with Crippen LogP contribution in [0.2, 0.25) is 0 Å². The molecule has 1 amide bonds. The SMILES string of the molecule is COc1ccc(S(=O)(=O)Nc2ccc3c(c2)CN(C(=O)c2ccccc2)CC3)cc1C. The van der Waals surface area contributed by atoms with Gasteiger partial charge in [0.2, 0.25) is 0 Å². The second-order valence-electron chi connectivity index (χ2n) is 7.56. The van der Waals surface area contributed by atoms with E-state index >= 15 is 0 Å². The first-order valence-electron chi connectivity index (χ1n) is 10.0. The highest BCUT2D eigenvalue weighted by atomic mass is 32.2. The second-order valence-corrected chi connectivity index (χ2v) is 9.25. The van der Waals surface area contributed by atoms with Gasteiger partial charge >= 0.3 is 0 Å². The van der Waals surface area contributed by atoms with Crippen LogP contribution < -0.4 is 9.46 Å². The molecular formula is C24H24N2O4S. The van der Waals surface area contributed by atoms with E-state index in [1.807, 2.05) is 30.3 Å². The number of amides is 1. The lowest BCUT2D eigenvalue weighted by molar-refractivity contribution is 0.0734. The van der Waals surface area contributed by atoms with E-state index in [0.717, 1.165) is 23.1 Å². The molecule has 0 aliphatic carbocycles. The maximum absolute atomic E-state index is 12.9. The normalized spacial score (nSPS) is 13.4. The highest BCUT2D eigenvalue weighted by Gasteiger charge is 2.23. The number of carbonyl (C=O) groups excluding carboxylic acids is 1. The summed E-state index contributed by atoms with van der Waals surface area (Å²) >= 11 is 0. The van der Waals surface area contributed by atoms with E-state index in [1.54, 1.807) is 49.3 Å². The Morgan fingerprint density at radius 3 is 2.48 bits per heavy atom. The van der Waals surface area contributed by atoms with Gasteiger partial charge in [-0.15, -0.1) is 0 Å². The number of benzene rings is 3. The van der Waals surface area contributed by atoms with E-state index in [0.29, 0.717) is 30.1 Å². The molecule has 31 heavy (non-hydrogen) atoms. The molecule has 1 aliphatic rings. The Kier molecular flexibility index (Phi) is 5.69. The zero-order valence-electron chi connectivity index (χ0n) is 17.5. The van der Waals surface area contributed by atoms with E-state index in [4.69, 9.17) is 4.74 Å². The number of carbonyl (C=O) groups is 1. The van der Waals surface area contributed by atoms with Crippen molar-refractivity contribution in [2.24, 2.45) is 0 Å². The first kappa shape index (κ1) is 20.9. The number of aryl methyl sites for hydroxylation is 1. The predicted molar refractivity (Wildman–Crippen MR) is 120 cm³/mol. The van der Waals surface area contributed by atoms with Crippen molar-refractivity contribution in [3.8, 4) is 5.75 Å². The fourth-order valence-electron chi connectivity index (χ4n) is 3.79. The number of nitrogens with zero attached hydrogens (tertiary/aromatic N) is 1. The van der Waals surface area contributed by atoms with Gasteiger partial charge < -0.3 is 9.64 Å². The highest BCUT2D eigenvalue weighted by Crippen LogP contribution is 2.27. The molecule has 0 aromatic heterocycles. The van der Waals surface area contributed by atoms with Crippen LogP contribution in [0.5, 0.6) is 5.75 Å². The number of fused-ring (bicyclic) bond motifs is 1. The topological polar surface area (TPSA) is 75.7 Å². The number of rotatable bonds is 5. The molecule has 4 rings (SSSR count). The molecule has 7 heteroatoms. The Morgan fingerprint density at radius 1 is 1.00 bits per heavy atom. The monoisotopic (exact) mass is 436 g/mol. The van der Waals surface area contributed by atoms with Crippen LogP contribution in [0, 0.1) is 6.92 Å². The van der Waals surface area contributed by atoms with Crippen LogP contribution in [0.4, 0.5) is 5.69 Å². The fourth-order valence-corrected chi connectivity index (χ4v) is 4.92. The lowest BCUT2D eigenvalue weighted by Crippen LogP contribution is -2.36. The van der Waals surface area contributed by atoms with E-state index in [2.05, 4.69) is 4.72 Å². The van der Waals surface area contributed by atoms with Crippen LogP contribution in [0.25, 0.3) is 0 Å². The Morgan fingerprint density at radius 2 is 1.77 bits per heavy atom. The summed E-state index contributed by atoms with van der Waals surface area (Å²) in [4.78, 5) is 14.8. The van der Waals surface area contributed by atoms with Gasteiger partial charge in [-0.2, -0.15) is 0 Å². The van der Waals surface area contributed by atoms with Gasteiger partial charge in [-0.25, -0.2) is 8.42 Å². The zero-order valence-corrected chi connectivity index (χ0v) is 18.3. The molecule has 0 atom stereocenters. The number of sulfonamides is 1. The van der Waals surface area contributed by atoms with Crippen LogP contribution in [-0.2, 0) is 23.0 Å². The van der Waals surface area contributed by atoms with Crippen LogP contribution >= 0.6 is 0 Å². The van der Waals surface area contributed by atoms with Crippen molar-refractivity contribution < 1.29 is 17.9 Å². The molecule has 1 N–H and O–H groups in total. The van der Waals surface area contributed by atoms with Crippen LogP contribution in [0.3, 0.4) is 0 Å². The van der Waals surface area contributed by atoms with Crippen LogP contribution in [0.15, 0.2) is 71.6 Å². The quantitative estimate of drug-likeness (QED) is 0.656. The molecule has 6 nitrogen and oxygen atoms in total. The molecule has 0 unspecified atom stereocenters. The summed E-state index contributed by atoms with van der Waals surface area (Å²) in [6.07, 6.45) is 0.735. The molecule has 0 spiro atoms. The molecule has 0 radical (unpaired) electrons. The Bertz CT molecular complexity index is 1220. The summed E-state index contributed by atoms with van der Waals surface area (Å²) < 4.78 is 33.6. The van der Waals surface area contributed by atoms with Gasteiger partial charge in [-0.3, -0.25) is 9.52 Å². The van der Waals surface area contributed by atoms with Gasteiger partial charge in [0.15, 0.2) is 0 Å². The summed E-state index contributed by atoms with van der Waals surface area (Å²) in [6, 6.07) is 19.4. The van der Waals surface area contributed by atoms with Gasteiger partial charge in [0, 0.05) is 24.3 Å². The number of methoxy groups -OCH3 is 1. The number of hydrogen-bond acceptors (Lipinski definition) is 4. The third kappa shape index (κ3) is 4.41. The van der Waals surface area contributed by atoms with Crippen molar-refractivity contribution >= 4 is 21.6 Å². The van der Waals surface area contributed by atoms with Crippen molar-refractivity contribution in [2.45, 2.75) is 24.8 Å². The molecule has 0 fully saturated rings. The molecule has 0 saturated heterocycles. The van der Waals surface area contributed by atoms with E-state index in [-0.39, 0.29) is 10.8 Å². The molecule has 0 saturated carbocycles. The van der Waals surface area contributed by atoms with Crippen molar-refractivity contribution in [3.05, 3.63) is 89.0 Å². The average Bonchev–Trinajstić information content (AvgIpc) is 2.78. The molecule has 3 aromatic carbocycles. The Balaban J connectivity index is 1.54. The summed E-state index contributed by atoms with van der Waals surface area (Å²) in [7, 11) is -2.20. The Labute approximate surface area is 182 Å². The van der Waals surface area contributed by atoms with Crippen LogP contribution in [-0.4, -0.2) is 32.9 Å². The van der Waals surface area contributed by atoms with Gasteiger partial charge in [-0.05, 0) is 72.5 Å². The van der Waals surface area contributed by atoms with E-state index < -0.39 is 10.0 Å². The summed E-state index contributed by atoms with van der Waals surface area (Å²) in [5.74, 6) is 0.613. The maximum atomic E-state index is 12.9. The maximum Gasteiger partial charge on any atom is 0.261 e. The zero-order chi connectivity index (χ0) is 22.0. The minimum Gasteiger partial charge on any atom is -0.496 e. The van der Waals surface area contributed by atoms with Crippen molar-refractivity contribution in [3.63, 3.8) is 0 Å². The van der Waals surface area contributed by atoms with E-state index in [9.17, 15) is 13.2 Å². The van der Waals surface area contributed by atoms with Gasteiger partial charge in [0.05, 0.1) is 12.0 Å². The van der Waals surface area contributed by atoms with Gasteiger partial charge in [0.25, 0.3) is 15.9 Å². The van der Waals surface area contributed by atoms with Crippen molar-refractivity contribution in [1.29, 1.82) is 0 Å². The third-order valence-electron chi connectivity index (χ3n) is 5.46. The molecule has 3 aromatic rings. The fraction of sp³-hybridized carbons (Fsp3) is 0.208. The Hall–Kier alpha value is -3.32. The van der Waals surface area contributed by atoms with Crippen LogP contribution in [0.1, 0.15) is 27.0 Å². The molecular weight excluding hydrogens is 412 g/mol. The number of ether oxygens (including phenoxy) is 1. The predicted octanol–water partition coefficient (Wildman–Crippen LogP) is 4.00. The molecule has 160 valence electrons. The molecule has 1 heterocycles. The molecule has 1 aliphatic heterocycles. The molecule has 0 bridgehead atoms. The minimum atomic E-state index is -3.75. The standard InChI is InChI=1S/C24H24N2O4S/c1-17-14-22(10-11-23(17)30-2)31(28,29)25-21-9-8-18-12-13-26(16-20(18)15-21)24(27)19-6-4-3-5-7-19/h3-11,14-15,25H,12-13,16H2,1-2H3. The number of hydrogen-bond donors (Lipinski definition) is 1. The summed E-state index contributed by atoms with van der Waals surface area (Å²) in [5, 5.41) is 0. The largest absolute Gasteiger partial charge is 0.496 e. The number of anilines is 1. The lowest BCUT2D eigenvalue weighted by Gasteiger charge is -2.29. The average molecular weight is 437 g/mol. The lowest BCUT2D eigenvalue weighted by atomic mass is 9.98. The summed E-state index contributed by atoms with van der Waals surface area (Å²) in [5.41, 5.74) is 3.94. The van der Waals surface area contributed by atoms with Gasteiger partial charge in [-0.1, -0.05) is 24.3 Å². The summed E-state index contributed by atoms with van der Waals surface area (Å²) in [6.45, 7) is 2.88. The smallest absolute Gasteiger partial charge is 0.261 e. The van der Waals surface area contributed by atoms with E-state index in [1.165, 1.54) is 6.07 Å². The van der Waals surface area contributed by atoms with Crippen molar-refractivity contribution in [2.75, 3.05) is 18.4 Å². The highest BCUT2D eigenvalue weighted by molar-refractivity contribution is 7.92. The number of nitrogens with one attached hydrogen (secondary N) is 1. The third-order valence-corrected chi connectivity index (χ3v) is 6.83.